The number of nitrogens with zero attached hydrogens (tertiary/aromatic N) is 3. The Morgan fingerprint density at radius 1 is 1.15 bits per heavy atom. The summed E-state index contributed by atoms with van der Waals surface area (Å²) < 4.78 is 37.3. The van der Waals surface area contributed by atoms with Gasteiger partial charge in [-0.2, -0.15) is 4.31 Å². The van der Waals surface area contributed by atoms with Gasteiger partial charge in [0.05, 0.1) is 19.1 Å². The fourth-order valence-electron chi connectivity index (χ4n) is 3.19. The fourth-order valence-corrected chi connectivity index (χ4v) is 4.63. The van der Waals surface area contributed by atoms with Crippen molar-refractivity contribution in [2.24, 2.45) is 5.92 Å². The average Bonchev–Trinajstić information content (AvgIpc) is 3.48. The van der Waals surface area contributed by atoms with Crippen molar-refractivity contribution >= 4 is 15.9 Å². The van der Waals surface area contributed by atoms with E-state index in [0.29, 0.717) is 11.5 Å². The van der Waals surface area contributed by atoms with E-state index in [1.807, 2.05) is 0 Å². The first-order valence-corrected chi connectivity index (χ1v) is 9.88. The van der Waals surface area contributed by atoms with Crippen LogP contribution >= 0.6 is 0 Å². The van der Waals surface area contributed by atoms with Gasteiger partial charge in [0.2, 0.25) is 22.0 Å². The van der Waals surface area contributed by atoms with Crippen LogP contribution < -0.4 is 9.47 Å². The Hall–Kier alpha value is -2.40. The minimum atomic E-state index is -3.75. The number of amides is 1. The van der Waals surface area contributed by atoms with Crippen molar-refractivity contribution in [2.75, 3.05) is 40.4 Å². The summed E-state index contributed by atoms with van der Waals surface area (Å²) in [6, 6.07) is 3.57. The van der Waals surface area contributed by atoms with E-state index < -0.39 is 26.9 Å². The number of carbonyl (C=O) groups is 1. The molecule has 27 heavy (non-hydrogen) atoms. The summed E-state index contributed by atoms with van der Waals surface area (Å²) in [5, 5.41) is 10.7. The number of hydrogen-bond acceptors (Lipinski definition) is 7. The van der Waals surface area contributed by atoms with E-state index in [1.165, 1.54) is 41.6 Å². The molecule has 0 unspecified atom stereocenters. The number of nitro groups is 1. The highest BCUT2D eigenvalue weighted by Gasteiger charge is 2.54. The lowest BCUT2D eigenvalue weighted by Gasteiger charge is -2.34. The molecule has 10 nitrogen and oxygen atoms in total. The SMILES string of the molecule is COc1ccc(S(=O)(=O)N2CCN(C(=O)[C@@H]3C[C@@H]3[N+](=O)[O-])CC2)cc1OC. The Kier molecular flexibility index (Phi) is 5.24. The molecule has 0 bridgehead atoms. The van der Waals surface area contributed by atoms with Gasteiger partial charge in [-0.1, -0.05) is 0 Å². The van der Waals surface area contributed by atoms with Crippen molar-refractivity contribution in [3.05, 3.63) is 28.3 Å². The predicted octanol–water partition coefficient (Wildman–Crippen LogP) is 0.202. The zero-order valence-electron chi connectivity index (χ0n) is 15.0. The lowest BCUT2D eigenvalue weighted by molar-refractivity contribution is -0.497. The third-order valence-electron chi connectivity index (χ3n) is 4.89. The smallest absolute Gasteiger partial charge is 0.243 e. The van der Waals surface area contributed by atoms with Gasteiger partial charge in [-0.3, -0.25) is 14.9 Å². The third-order valence-corrected chi connectivity index (χ3v) is 6.78. The van der Waals surface area contributed by atoms with Gasteiger partial charge >= 0.3 is 0 Å². The van der Waals surface area contributed by atoms with Crippen molar-refractivity contribution in [1.82, 2.24) is 9.21 Å². The monoisotopic (exact) mass is 399 g/mol. The second kappa shape index (κ2) is 7.31. The molecule has 2 aliphatic rings. The van der Waals surface area contributed by atoms with Gasteiger partial charge in [-0.05, 0) is 12.1 Å². The standard InChI is InChI=1S/C16H21N3O7S/c1-25-14-4-3-11(9-15(14)26-2)27(23,24)18-7-5-17(6-8-18)16(20)12-10-13(12)19(21)22/h3-4,9,12-13H,5-8,10H2,1-2H3/t12-,13+/m1/s1. The van der Waals surface area contributed by atoms with E-state index in [0.717, 1.165) is 0 Å². The second-order valence-electron chi connectivity index (χ2n) is 6.44. The van der Waals surface area contributed by atoms with E-state index in [9.17, 15) is 23.3 Å². The summed E-state index contributed by atoms with van der Waals surface area (Å²) in [6.45, 7) is 0.703. The van der Waals surface area contributed by atoms with Gasteiger partial charge in [-0.15, -0.1) is 0 Å². The molecule has 1 aliphatic carbocycles. The summed E-state index contributed by atoms with van der Waals surface area (Å²) >= 11 is 0. The van der Waals surface area contributed by atoms with Crippen LogP contribution in [0.1, 0.15) is 6.42 Å². The number of carbonyl (C=O) groups excluding carboxylic acids is 1. The zero-order valence-corrected chi connectivity index (χ0v) is 15.8. The molecule has 1 aliphatic heterocycles. The van der Waals surface area contributed by atoms with Crippen LogP contribution in [0, 0.1) is 16.0 Å². The molecule has 1 amide bonds. The molecule has 2 atom stereocenters. The first-order chi connectivity index (χ1) is 12.8. The van der Waals surface area contributed by atoms with Gasteiger partial charge in [0.25, 0.3) is 0 Å². The summed E-state index contributed by atoms with van der Waals surface area (Å²) in [6.07, 6.45) is 0.260. The molecule has 0 spiro atoms. The van der Waals surface area contributed by atoms with Crippen LogP contribution in [0.2, 0.25) is 0 Å². The molecular weight excluding hydrogens is 378 g/mol. The second-order valence-corrected chi connectivity index (χ2v) is 8.38. The average molecular weight is 399 g/mol. The molecule has 1 aromatic rings. The van der Waals surface area contributed by atoms with Crippen molar-refractivity contribution in [2.45, 2.75) is 17.4 Å². The molecule has 0 N–H and O–H groups in total. The molecule has 148 valence electrons. The largest absolute Gasteiger partial charge is 0.493 e. The minimum absolute atomic E-state index is 0.0792. The Morgan fingerprint density at radius 3 is 2.30 bits per heavy atom. The fraction of sp³-hybridized carbons (Fsp3) is 0.562. The highest BCUT2D eigenvalue weighted by atomic mass is 32.2. The highest BCUT2D eigenvalue weighted by Crippen LogP contribution is 2.35. The Balaban J connectivity index is 1.66. The summed E-state index contributed by atoms with van der Waals surface area (Å²) in [4.78, 5) is 24.2. The van der Waals surface area contributed by atoms with Crippen molar-refractivity contribution < 1.29 is 27.6 Å². The lowest BCUT2D eigenvalue weighted by atomic mass is 10.3. The van der Waals surface area contributed by atoms with Crippen molar-refractivity contribution in [1.29, 1.82) is 0 Å². The number of benzene rings is 1. The van der Waals surface area contributed by atoms with Crippen LogP contribution in [-0.4, -0.2) is 74.9 Å². The van der Waals surface area contributed by atoms with Gasteiger partial charge in [0.15, 0.2) is 11.5 Å². The molecule has 1 heterocycles. The number of rotatable bonds is 6. The van der Waals surface area contributed by atoms with E-state index in [2.05, 4.69) is 0 Å². The van der Waals surface area contributed by atoms with E-state index in [1.54, 1.807) is 0 Å². The maximum absolute atomic E-state index is 12.9. The number of piperazine rings is 1. The Morgan fingerprint density at radius 2 is 1.78 bits per heavy atom. The number of ether oxygens (including phenoxy) is 2. The maximum atomic E-state index is 12.9. The van der Waals surface area contributed by atoms with Crippen LogP contribution in [0.5, 0.6) is 11.5 Å². The van der Waals surface area contributed by atoms with Crippen LogP contribution in [-0.2, 0) is 14.8 Å². The highest BCUT2D eigenvalue weighted by molar-refractivity contribution is 7.89. The molecule has 3 rings (SSSR count). The van der Waals surface area contributed by atoms with Crippen LogP contribution in [0.4, 0.5) is 0 Å². The van der Waals surface area contributed by atoms with Gasteiger partial charge in [0, 0.05) is 43.6 Å². The minimum Gasteiger partial charge on any atom is -0.493 e. The Bertz CT molecular complexity index is 850. The molecule has 1 saturated heterocycles. The molecule has 0 radical (unpaired) electrons. The molecule has 1 saturated carbocycles. The summed E-state index contributed by atoms with van der Waals surface area (Å²) in [7, 11) is -0.857. The number of sulfonamides is 1. The molecule has 0 aromatic heterocycles. The summed E-state index contributed by atoms with van der Waals surface area (Å²) in [5.74, 6) is -0.0996. The molecule has 1 aromatic carbocycles. The predicted molar refractivity (Wildman–Crippen MR) is 93.8 cm³/mol. The lowest BCUT2D eigenvalue weighted by Crippen LogP contribution is -2.51. The van der Waals surface area contributed by atoms with Crippen molar-refractivity contribution in [3.63, 3.8) is 0 Å². The van der Waals surface area contributed by atoms with Crippen molar-refractivity contribution in [3.8, 4) is 11.5 Å². The van der Waals surface area contributed by atoms with E-state index >= 15 is 0 Å². The first kappa shape index (κ1) is 19.4. The molecular formula is C16H21N3O7S. The van der Waals surface area contributed by atoms with E-state index in [-0.39, 0.29) is 43.4 Å². The number of methoxy groups -OCH3 is 2. The van der Waals surface area contributed by atoms with Gasteiger partial charge in [-0.25, -0.2) is 8.42 Å². The van der Waals surface area contributed by atoms with Gasteiger partial charge < -0.3 is 14.4 Å². The summed E-state index contributed by atoms with van der Waals surface area (Å²) in [5.41, 5.74) is 0. The number of hydrogen-bond donors (Lipinski definition) is 0. The normalized spacial score (nSPS) is 23.0. The first-order valence-electron chi connectivity index (χ1n) is 8.44. The quantitative estimate of drug-likeness (QED) is 0.495. The van der Waals surface area contributed by atoms with Crippen LogP contribution in [0.3, 0.4) is 0 Å². The third kappa shape index (κ3) is 3.69. The Labute approximate surface area is 156 Å². The van der Waals surface area contributed by atoms with Crippen LogP contribution in [0.25, 0.3) is 0 Å². The van der Waals surface area contributed by atoms with Crippen LogP contribution in [0.15, 0.2) is 23.1 Å². The topological polar surface area (TPSA) is 119 Å². The molecule has 2 fully saturated rings. The van der Waals surface area contributed by atoms with Gasteiger partial charge in [0.1, 0.15) is 5.92 Å². The zero-order chi connectivity index (χ0) is 19.8. The maximum Gasteiger partial charge on any atom is 0.243 e. The van der Waals surface area contributed by atoms with E-state index in [4.69, 9.17) is 9.47 Å². The molecule has 11 heteroatoms.